The predicted molar refractivity (Wildman–Crippen MR) is 108 cm³/mol. The molecule has 0 amide bonds. The first-order valence-electron chi connectivity index (χ1n) is 11.0. The molecule has 2 aliphatic heterocycles. The fraction of sp³-hybridized carbons (Fsp3) is 0.667. The molecule has 2 aromatic rings. The van der Waals surface area contributed by atoms with E-state index in [1.807, 2.05) is 16.8 Å². The van der Waals surface area contributed by atoms with E-state index >= 15 is 0 Å². The Labute approximate surface area is 171 Å². The van der Waals surface area contributed by atoms with Crippen LogP contribution in [0.25, 0.3) is 0 Å². The van der Waals surface area contributed by atoms with E-state index in [9.17, 15) is 4.39 Å². The molecule has 2 atom stereocenters. The standard InChI is InChI=1S/C21H31FN6O/c1-2-3-6-20(21-23-24-25-28(21)16-19-5-4-15-29-19)27-13-11-26(12-14-27)18-9-7-17(22)8-10-18/h7-10,19-20H,2-6,11-16H2,1H3/p+1/t19-,20-/m1/s1. The molecule has 7 nitrogen and oxygen atoms in total. The van der Waals surface area contributed by atoms with Crippen LogP contribution < -0.4 is 9.80 Å². The zero-order valence-corrected chi connectivity index (χ0v) is 17.3. The van der Waals surface area contributed by atoms with E-state index in [0.29, 0.717) is 6.04 Å². The Morgan fingerprint density at radius 3 is 2.72 bits per heavy atom. The second-order valence-electron chi connectivity index (χ2n) is 8.17. The summed E-state index contributed by atoms with van der Waals surface area (Å²) in [6.45, 7) is 7.79. The lowest BCUT2D eigenvalue weighted by Crippen LogP contribution is -3.15. The van der Waals surface area contributed by atoms with Gasteiger partial charge in [-0.05, 0) is 54.0 Å². The molecule has 8 heteroatoms. The molecule has 0 unspecified atom stereocenters. The molecule has 1 aromatic heterocycles. The second-order valence-corrected chi connectivity index (χ2v) is 8.17. The Morgan fingerprint density at radius 2 is 2.03 bits per heavy atom. The molecule has 0 spiro atoms. The van der Waals surface area contributed by atoms with Crippen molar-refractivity contribution in [3.05, 3.63) is 35.9 Å². The van der Waals surface area contributed by atoms with E-state index in [4.69, 9.17) is 4.74 Å². The number of quaternary nitrogens is 1. The third-order valence-corrected chi connectivity index (χ3v) is 6.21. The van der Waals surface area contributed by atoms with Gasteiger partial charge in [0.2, 0.25) is 5.82 Å². The summed E-state index contributed by atoms with van der Waals surface area (Å²) in [6.07, 6.45) is 5.87. The number of ether oxygens (including phenoxy) is 1. The number of unbranched alkanes of at least 4 members (excludes halogenated alkanes) is 1. The minimum Gasteiger partial charge on any atom is -0.376 e. The van der Waals surface area contributed by atoms with Crippen molar-refractivity contribution in [3.8, 4) is 0 Å². The van der Waals surface area contributed by atoms with Crippen molar-refractivity contribution in [1.29, 1.82) is 0 Å². The molecule has 29 heavy (non-hydrogen) atoms. The number of benzene rings is 1. The van der Waals surface area contributed by atoms with Crippen LogP contribution in [0, 0.1) is 5.82 Å². The van der Waals surface area contributed by atoms with Crippen LogP contribution in [-0.4, -0.2) is 59.1 Å². The second kappa shape index (κ2) is 9.63. The highest BCUT2D eigenvalue weighted by Crippen LogP contribution is 2.19. The molecule has 1 N–H and O–H groups in total. The van der Waals surface area contributed by atoms with E-state index in [2.05, 4.69) is 27.3 Å². The first kappa shape index (κ1) is 20.2. The van der Waals surface area contributed by atoms with Crippen molar-refractivity contribution >= 4 is 5.69 Å². The van der Waals surface area contributed by atoms with Crippen molar-refractivity contribution < 1.29 is 14.0 Å². The molecule has 3 heterocycles. The topological polar surface area (TPSA) is 60.5 Å². The van der Waals surface area contributed by atoms with Gasteiger partial charge in [0.25, 0.3) is 0 Å². The van der Waals surface area contributed by atoms with Crippen molar-refractivity contribution in [2.45, 2.75) is 57.7 Å². The van der Waals surface area contributed by atoms with E-state index in [1.54, 1.807) is 4.90 Å². The molecule has 0 bridgehead atoms. The third kappa shape index (κ3) is 4.93. The first-order valence-corrected chi connectivity index (χ1v) is 11.0. The minimum absolute atomic E-state index is 0.185. The van der Waals surface area contributed by atoms with Crippen molar-refractivity contribution in [2.75, 3.05) is 37.7 Å². The van der Waals surface area contributed by atoms with E-state index in [-0.39, 0.29) is 11.9 Å². The van der Waals surface area contributed by atoms with Crippen LogP contribution in [0.15, 0.2) is 24.3 Å². The lowest BCUT2D eigenvalue weighted by molar-refractivity contribution is -0.933. The number of hydrogen-bond donors (Lipinski definition) is 1. The number of rotatable bonds is 8. The number of piperazine rings is 1. The van der Waals surface area contributed by atoms with Crippen LogP contribution in [0.1, 0.15) is 50.9 Å². The van der Waals surface area contributed by atoms with E-state index in [0.717, 1.165) is 70.1 Å². The number of nitrogens with zero attached hydrogens (tertiary/aromatic N) is 5. The molecule has 0 aliphatic carbocycles. The molecule has 158 valence electrons. The lowest BCUT2D eigenvalue weighted by Gasteiger charge is -2.37. The molecule has 2 fully saturated rings. The zero-order chi connectivity index (χ0) is 20.1. The lowest BCUT2D eigenvalue weighted by atomic mass is 10.1. The van der Waals surface area contributed by atoms with Crippen molar-refractivity contribution in [2.24, 2.45) is 0 Å². The molecular weight excluding hydrogens is 371 g/mol. The Bertz CT molecular complexity index is 753. The van der Waals surface area contributed by atoms with Gasteiger partial charge < -0.3 is 14.5 Å². The molecule has 0 saturated carbocycles. The highest BCUT2D eigenvalue weighted by molar-refractivity contribution is 5.46. The number of halogens is 1. The summed E-state index contributed by atoms with van der Waals surface area (Å²) < 4.78 is 21.0. The summed E-state index contributed by atoms with van der Waals surface area (Å²) >= 11 is 0. The quantitative estimate of drug-likeness (QED) is 0.726. The summed E-state index contributed by atoms with van der Waals surface area (Å²) in [5, 5.41) is 12.7. The maximum Gasteiger partial charge on any atom is 0.209 e. The van der Waals surface area contributed by atoms with Crippen LogP contribution in [-0.2, 0) is 11.3 Å². The average Bonchev–Trinajstić information content (AvgIpc) is 3.42. The summed E-state index contributed by atoms with van der Waals surface area (Å²) in [6, 6.07) is 7.13. The molecule has 0 radical (unpaired) electrons. The highest BCUT2D eigenvalue weighted by Gasteiger charge is 2.33. The number of tetrazole rings is 1. The predicted octanol–water partition coefficient (Wildman–Crippen LogP) is 1.63. The summed E-state index contributed by atoms with van der Waals surface area (Å²) in [7, 11) is 0. The van der Waals surface area contributed by atoms with E-state index in [1.165, 1.54) is 25.0 Å². The smallest absolute Gasteiger partial charge is 0.209 e. The first-order chi connectivity index (χ1) is 14.2. The molecule has 1 aromatic carbocycles. The fourth-order valence-corrected chi connectivity index (χ4v) is 4.55. The van der Waals surface area contributed by atoms with Gasteiger partial charge in [-0.2, -0.15) is 0 Å². The van der Waals surface area contributed by atoms with Gasteiger partial charge in [-0.1, -0.05) is 13.3 Å². The normalized spacial score (nSPS) is 21.6. The number of aromatic nitrogens is 4. The number of anilines is 1. The van der Waals surface area contributed by atoms with Crippen LogP contribution >= 0.6 is 0 Å². The van der Waals surface area contributed by atoms with Crippen LogP contribution in [0.4, 0.5) is 10.1 Å². The Morgan fingerprint density at radius 1 is 1.24 bits per heavy atom. The fourth-order valence-electron chi connectivity index (χ4n) is 4.55. The average molecular weight is 404 g/mol. The largest absolute Gasteiger partial charge is 0.376 e. The van der Waals surface area contributed by atoms with Crippen LogP contribution in [0.5, 0.6) is 0 Å². The van der Waals surface area contributed by atoms with Crippen LogP contribution in [0.2, 0.25) is 0 Å². The van der Waals surface area contributed by atoms with Gasteiger partial charge in [-0.3, -0.25) is 0 Å². The third-order valence-electron chi connectivity index (χ3n) is 6.21. The molecule has 4 rings (SSSR count). The van der Waals surface area contributed by atoms with Gasteiger partial charge >= 0.3 is 0 Å². The van der Waals surface area contributed by atoms with Crippen molar-refractivity contribution in [3.63, 3.8) is 0 Å². The van der Waals surface area contributed by atoms with Crippen LogP contribution in [0.3, 0.4) is 0 Å². The maximum absolute atomic E-state index is 13.2. The molecule has 2 saturated heterocycles. The van der Waals surface area contributed by atoms with Gasteiger partial charge in [-0.25, -0.2) is 9.07 Å². The van der Waals surface area contributed by atoms with Crippen molar-refractivity contribution in [1.82, 2.24) is 20.2 Å². The number of nitrogens with one attached hydrogen (secondary N) is 1. The number of hydrogen-bond acceptors (Lipinski definition) is 5. The minimum atomic E-state index is -0.185. The van der Waals surface area contributed by atoms with Gasteiger partial charge in [0.05, 0.1) is 38.8 Å². The SMILES string of the molecule is CCCC[C@H](c1nnnn1C[C@H]1CCCO1)[NH+]1CCN(c2ccc(F)cc2)CC1. The van der Waals surface area contributed by atoms with Gasteiger partial charge in [-0.15, -0.1) is 5.10 Å². The Kier molecular flexibility index (Phi) is 6.71. The maximum atomic E-state index is 13.2. The van der Waals surface area contributed by atoms with Gasteiger partial charge in [0.1, 0.15) is 11.9 Å². The van der Waals surface area contributed by atoms with Gasteiger partial charge in [0, 0.05) is 18.7 Å². The Hall–Kier alpha value is -2.06. The monoisotopic (exact) mass is 403 g/mol. The summed E-state index contributed by atoms with van der Waals surface area (Å²) in [5.41, 5.74) is 1.10. The summed E-state index contributed by atoms with van der Waals surface area (Å²) in [5.74, 6) is 0.815. The summed E-state index contributed by atoms with van der Waals surface area (Å²) in [4.78, 5) is 3.88. The zero-order valence-electron chi connectivity index (χ0n) is 17.3. The van der Waals surface area contributed by atoms with E-state index < -0.39 is 0 Å². The molecular formula is C21H32FN6O+. The highest BCUT2D eigenvalue weighted by atomic mass is 19.1. The Balaban J connectivity index is 1.44. The van der Waals surface area contributed by atoms with Gasteiger partial charge in [0.15, 0.2) is 0 Å². The molecule has 2 aliphatic rings.